The number of fused-ring (bicyclic) bond motifs is 1. The van der Waals surface area contributed by atoms with E-state index in [2.05, 4.69) is 15.1 Å². The number of ether oxygens (including phenoxy) is 3. The van der Waals surface area contributed by atoms with Crippen LogP contribution in [0.15, 0.2) is 74.8 Å². The van der Waals surface area contributed by atoms with Gasteiger partial charge >= 0.3 is 5.69 Å². The monoisotopic (exact) mass is 486 g/mol. The number of nitrogens with zero attached hydrogens (tertiary/aromatic N) is 3. The fraction of sp³-hybridized carbons (Fsp3) is 0.154. The molecule has 0 atom stereocenters. The summed E-state index contributed by atoms with van der Waals surface area (Å²) in [5.74, 6) is 2.14. The predicted molar refractivity (Wildman–Crippen MR) is 133 cm³/mol. The van der Waals surface area contributed by atoms with Crippen LogP contribution in [0.25, 0.3) is 33.7 Å². The van der Waals surface area contributed by atoms with Crippen molar-refractivity contribution in [3.8, 4) is 40.1 Å². The SMILES string of the molecule is COc1ccccc1Cn1c(=O)[nH]c2cc(-c3nc(-c4cccc(OC)c4OC)no3)ccc2c1=O. The van der Waals surface area contributed by atoms with E-state index in [0.717, 1.165) is 10.1 Å². The number of methoxy groups -OCH3 is 3. The van der Waals surface area contributed by atoms with Crippen molar-refractivity contribution in [2.75, 3.05) is 21.3 Å². The molecule has 0 amide bonds. The number of nitrogens with one attached hydrogen (secondary N) is 1. The number of para-hydroxylation sites is 2. The molecule has 10 heteroatoms. The summed E-state index contributed by atoms with van der Waals surface area (Å²) in [7, 11) is 4.62. The second kappa shape index (κ2) is 9.41. The topological polar surface area (TPSA) is 121 Å². The van der Waals surface area contributed by atoms with Crippen LogP contribution >= 0.6 is 0 Å². The van der Waals surface area contributed by atoms with Crippen LogP contribution in [0.5, 0.6) is 17.2 Å². The van der Waals surface area contributed by atoms with Gasteiger partial charge in [0.25, 0.3) is 11.4 Å². The van der Waals surface area contributed by atoms with E-state index in [-0.39, 0.29) is 12.4 Å². The van der Waals surface area contributed by atoms with Crippen LogP contribution in [-0.4, -0.2) is 41.0 Å². The Labute approximate surface area is 204 Å². The highest BCUT2D eigenvalue weighted by atomic mass is 16.5. The first-order chi connectivity index (χ1) is 17.5. The number of benzene rings is 3. The van der Waals surface area contributed by atoms with Crippen molar-refractivity contribution in [3.05, 3.63) is 87.1 Å². The van der Waals surface area contributed by atoms with Gasteiger partial charge in [-0.15, -0.1) is 0 Å². The Morgan fingerprint density at radius 2 is 1.69 bits per heavy atom. The average molecular weight is 486 g/mol. The molecule has 3 aromatic carbocycles. The van der Waals surface area contributed by atoms with E-state index in [1.54, 1.807) is 56.7 Å². The number of aromatic amines is 1. The van der Waals surface area contributed by atoms with E-state index >= 15 is 0 Å². The van der Waals surface area contributed by atoms with Crippen LogP contribution in [0.4, 0.5) is 0 Å². The van der Waals surface area contributed by atoms with Crippen LogP contribution in [0.2, 0.25) is 0 Å². The lowest BCUT2D eigenvalue weighted by Gasteiger charge is -2.10. The van der Waals surface area contributed by atoms with Gasteiger partial charge < -0.3 is 23.7 Å². The summed E-state index contributed by atoms with van der Waals surface area (Å²) in [6.45, 7) is 0.0747. The molecule has 0 saturated carbocycles. The Morgan fingerprint density at radius 3 is 2.47 bits per heavy atom. The number of aromatic nitrogens is 4. The quantitative estimate of drug-likeness (QED) is 0.371. The van der Waals surface area contributed by atoms with Gasteiger partial charge in [-0.05, 0) is 36.4 Å². The molecule has 0 bridgehead atoms. The van der Waals surface area contributed by atoms with Gasteiger partial charge in [-0.3, -0.25) is 9.36 Å². The van der Waals surface area contributed by atoms with E-state index in [1.807, 2.05) is 18.2 Å². The van der Waals surface area contributed by atoms with Crippen LogP contribution in [0, 0.1) is 0 Å². The zero-order valence-electron chi connectivity index (χ0n) is 19.8. The number of hydrogen-bond acceptors (Lipinski definition) is 8. The van der Waals surface area contributed by atoms with Crippen molar-refractivity contribution in [2.24, 2.45) is 0 Å². The molecule has 0 fully saturated rings. The van der Waals surface area contributed by atoms with Crippen LogP contribution in [0.1, 0.15) is 5.56 Å². The van der Waals surface area contributed by atoms with Crippen LogP contribution in [0.3, 0.4) is 0 Å². The normalized spacial score (nSPS) is 11.0. The smallest absolute Gasteiger partial charge is 0.329 e. The van der Waals surface area contributed by atoms with E-state index < -0.39 is 11.2 Å². The summed E-state index contributed by atoms with van der Waals surface area (Å²) < 4.78 is 22.7. The zero-order chi connectivity index (χ0) is 25.2. The van der Waals surface area contributed by atoms with Gasteiger partial charge in [-0.1, -0.05) is 29.4 Å². The Balaban J connectivity index is 1.53. The maximum absolute atomic E-state index is 13.1. The van der Waals surface area contributed by atoms with Gasteiger partial charge in [-0.25, -0.2) is 4.79 Å². The lowest BCUT2D eigenvalue weighted by molar-refractivity contribution is 0.355. The van der Waals surface area contributed by atoms with Crippen molar-refractivity contribution in [1.82, 2.24) is 19.7 Å². The lowest BCUT2D eigenvalue weighted by Crippen LogP contribution is -2.35. The van der Waals surface area contributed by atoms with Gasteiger partial charge in [-0.2, -0.15) is 4.98 Å². The average Bonchev–Trinajstić information content (AvgIpc) is 3.40. The molecule has 5 aromatic rings. The Kier molecular flexibility index (Phi) is 5.99. The van der Waals surface area contributed by atoms with Gasteiger partial charge in [0, 0.05) is 11.1 Å². The molecule has 2 aromatic heterocycles. The highest BCUT2D eigenvalue weighted by Gasteiger charge is 2.18. The molecule has 0 aliphatic heterocycles. The third-order valence-corrected chi connectivity index (χ3v) is 5.82. The third-order valence-electron chi connectivity index (χ3n) is 5.82. The maximum atomic E-state index is 13.1. The minimum atomic E-state index is -0.539. The molecule has 5 rings (SSSR count). The zero-order valence-corrected chi connectivity index (χ0v) is 19.8. The molecular formula is C26H22N4O6. The maximum Gasteiger partial charge on any atom is 0.329 e. The lowest BCUT2D eigenvalue weighted by atomic mass is 10.1. The highest BCUT2D eigenvalue weighted by Crippen LogP contribution is 2.37. The third kappa shape index (κ3) is 3.98. The van der Waals surface area contributed by atoms with Crippen molar-refractivity contribution < 1.29 is 18.7 Å². The van der Waals surface area contributed by atoms with Crippen molar-refractivity contribution in [2.45, 2.75) is 6.54 Å². The minimum absolute atomic E-state index is 0.0747. The Bertz CT molecular complexity index is 1680. The van der Waals surface area contributed by atoms with Gasteiger partial charge in [0.05, 0.1) is 44.3 Å². The molecule has 1 N–H and O–H groups in total. The summed E-state index contributed by atoms with van der Waals surface area (Å²) in [6.07, 6.45) is 0. The Hall–Kier alpha value is -4.86. The molecule has 2 heterocycles. The fourth-order valence-corrected chi connectivity index (χ4v) is 4.05. The first kappa shape index (κ1) is 22.9. The molecule has 0 spiro atoms. The predicted octanol–water partition coefficient (Wildman–Crippen LogP) is 3.48. The first-order valence-corrected chi connectivity index (χ1v) is 11.0. The van der Waals surface area contributed by atoms with Gasteiger partial charge in [0.2, 0.25) is 5.82 Å². The molecule has 0 aliphatic carbocycles. The molecule has 0 unspecified atom stereocenters. The van der Waals surface area contributed by atoms with Gasteiger partial charge in [0.15, 0.2) is 11.5 Å². The minimum Gasteiger partial charge on any atom is -0.496 e. The van der Waals surface area contributed by atoms with Crippen molar-refractivity contribution in [1.29, 1.82) is 0 Å². The second-order valence-electron chi connectivity index (χ2n) is 7.86. The first-order valence-electron chi connectivity index (χ1n) is 11.0. The summed E-state index contributed by atoms with van der Waals surface area (Å²) >= 11 is 0. The summed E-state index contributed by atoms with van der Waals surface area (Å²) in [4.78, 5) is 33.2. The van der Waals surface area contributed by atoms with E-state index in [1.165, 1.54) is 7.11 Å². The molecule has 10 nitrogen and oxygen atoms in total. The van der Waals surface area contributed by atoms with E-state index in [4.69, 9.17) is 18.7 Å². The Morgan fingerprint density at radius 1 is 0.917 bits per heavy atom. The van der Waals surface area contributed by atoms with E-state index in [9.17, 15) is 9.59 Å². The molecule has 0 saturated heterocycles. The fourth-order valence-electron chi connectivity index (χ4n) is 4.05. The van der Waals surface area contributed by atoms with Gasteiger partial charge in [0.1, 0.15) is 5.75 Å². The summed E-state index contributed by atoms with van der Waals surface area (Å²) in [5.41, 5.74) is 1.26. The standard InChI is InChI=1S/C26H22N4O6/c1-33-20-9-5-4-7-16(20)14-30-25(31)17-12-11-15(13-19(17)27-26(30)32)24-28-23(29-36-24)18-8-6-10-21(34-2)22(18)35-3/h4-13H,14H2,1-3H3,(H,27,32). The van der Waals surface area contributed by atoms with Crippen molar-refractivity contribution >= 4 is 10.9 Å². The summed E-state index contributed by atoms with van der Waals surface area (Å²) in [5, 5.41) is 4.42. The molecular weight excluding hydrogens is 464 g/mol. The second-order valence-corrected chi connectivity index (χ2v) is 7.86. The molecule has 0 aliphatic rings. The van der Waals surface area contributed by atoms with Crippen LogP contribution < -0.4 is 25.5 Å². The molecule has 36 heavy (non-hydrogen) atoms. The largest absolute Gasteiger partial charge is 0.496 e. The number of H-pyrrole nitrogens is 1. The van der Waals surface area contributed by atoms with E-state index in [0.29, 0.717) is 45.1 Å². The highest BCUT2D eigenvalue weighted by molar-refractivity contribution is 5.82. The number of hydrogen-bond donors (Lipinski definition) is 1. The van der Waals surface area contributed by atoms with Crippen LogP contribution in [-0.2, 0) is 6.54 Å². The summed E-state index contributed by atoms with van der Waals surface area (Å²) in [6, 6.07) is 17.5. The number of rotatable bonds is 7. The molecule has 182 valence electrons. The molecule has 0 radical (unpaired) electrons. The van der Waals surface area contributed by atoms with Crippen molar-refractivity contribution in [3.63, 3.8) is 0 Å².